The van der Waals surface area contributed by atoms with Gasteiger partial charge in [0.05, 0.1) is 17.8 Å². The van der Waals surface area contributed by atoms with E-state index in [9.17, 15) is 22.8 Å². The first-order valence-corrected chi connectivity index (χ1v) is 11.0. The Morgan fingerprint density at radius 3 is 2.67 bits per heavy atom. The van der Waals surface area contributed by atoms with Gasteiger partial charge < -0.3 is 21.1 Å². The van der Waals surface area contributed by atoms with Crippen LogP contribution < -0.4 is 27.2 Å². The topological polar surface area (TPSA) is 93.4 Å². The number of ether oxygens (including phenoxy) is 1. The number of anilines is 3. The number of nitrogens with two attached hydrogens (primary N) is 1. The van der Waals surface area contributed by atoms with Crippen LogP contribution in [0.3, 0.4) is 0 Å². The summed E-state index contributed by atoms with van der Waals surface area (Å²) in [5.74, 6) is 0.203. The number of benzene rings is 1. The zero-order valence-corrected chi connectivity index (χ0v) is 17.7. The lowest BCUT2D eigenvalue weighted by molar-refractivity contribution is -0.138. The highest BCUT2D eigenvalue weighted by atomic mass is 19.4. The van der Waals surface area contributed by atoms with E-state index in [0.717, 1.165) is 18.9 Å². The number of rotatable bonds is 4. The first kappa shape index (κ1) is 21.8. The van der Waals surface area contributed by atoms with Crippen LogP contribution in [-0.4, -0.2) is 18.7 Å². The fourth-order valence-electron chi connectivity index (χ4n) is 5.21. The van der Waals surface area contributed by atoms with E-state index in [1.807, 2.05) is 12.2 Å². The van der Waals surface area contributed by atoms with Crippen molar-refractivity contribution in [2.75, 3.05) is 22.9 Å². The quantitative estimate of drug-likeness (QED) is 0.603. The number of halogens is 3. The Labute approximate surface area is 188 Å². The van der Waals surface area contributed by atoms with Crippen molar-refractivity contribution in [2.24, 2.45) is 11.8 Å². The number of nitrogens with one attached hydrogen (secondary N) is 2. The van der Waals surface area contributed by atoms with Gasteiger partial charge >= 0.3 is 6.18 Å². The second-order valence-corrected chi connectivity index (χ2v) is 8.93. The molecule has 1 saturated heterocycles. The molecule has 2 heterocycles. The summed E-state index contributed by atoms with van der Waals surface area (Å²) in [6.45, 7) is 0.247. The highest BCUT2D eigenvalue weighted by Gasteiger charge is 2.45. The molecule has 2 aromatic carbocycles. The average Bonchev–Trinajstić information content (AvgIpc) is 2.82. The van der Waals surface area contributed by atoms with E-state index in [1.54, 1.807) is 0 Å². The van der Waals surface area contributed by atoms with Gasteiger partial charge in [-0.2, -0.15) is 13.2 Å². The summed E-state index contributed by atoms with van der Waals surface area (Å²) in [5, 5.41) is 6.38. The van der Waals surface area contributed by atoms with Gasteiger partial charge in [0.25, 0.3) is 10.9 Å². The van der Waals surface area contributed by atoms with E-state index in [1.165, 1.54) is 12.1 Å². The van der Waals surface area contributed by atoms with Crippen molar-refractivity contribution in [2.45, 2.75) is 43.7 Å². The Morgan fingerprint density at radius 2 is 1.97 bits per heavy atom. The monoisotopic (exact) mass is 459 g/mol. The first-order valence-electron chi connectivity index (χ1n) is 11.0. The fraction of sp³-hybridized carbons (Fsp3) is 0.417. The molecule has 0 radical (unpaired) electrons. The largest absolute Gasteiger partial charge is 0.416 e. The molecule has 1 fully saturated rings. The van der Waals surface area contributed by atoms with Gasteiger partial charge in [-0.25, -0.2) is 0 Å². The van der Waals surface area contributed by atoms with Crippen molar-refractivity contribution in [1.82, 2.24) is 0 Å². The van der Waals surface area contributed by atoms with Crippen molar-refractivity contribution >= 4 is 17.1 Å². The maximum atomic E-state index is 13.4. The van der Waals surface area contributed by atoms with Gasteiger partial charge in [0.1, 0.15) is 11.4 Å². The maximum Gasteiger partial charge on any atom is 0.416 e. The van der Waals surface area contributed by atoms with Crippen LogP contribution in [-0.2, 0) is 10.9 Å². The Bertz CT molecular complexity index is 1200. The zero-order chi connectivity index (χ0) is 23.3. The minimum Gasteiger partial charge on any atom is -0.394 e. The normalized spacial score (nSPS) is 28.8. The predicted molar refractivity (Wildman–Crippen MR) is 120 cm³/mol. The first-order chi connectivity index (χ1) is 15.7. The Morgan fingerprint density at radius 1 is 1.15 bits per heavy atom. The highest BCUT2D eigenvalue weighted by Crippen LogP contribution is 2.49. The van der Waals surface area contributed by atoms with Gasteiger partial charge in [-0.1, -0.05) is 24.3 Å². The standard InChI is InChI=1S/C24H24F3N3O3/c25-24(26,27)13-6-9-17-16(10-13)23-15(19(30-17)12-4-2-1-3-5-12)8-7-14(33-23)11-29-20-18(28)21(31)22(20)32/h1-4,6,9-10,12,14-15,19,23,29-30H,5,7-8,11,28H2/t12?,14-,15+,19+,23+/m1/s1. The van der Waals surface area contributed by atoms with Crippen molar-refractivity contribution < 1.29 is 17.9 Å². The molecule has 2 aliphatic heterocycles. The lowest BCUT2D eigenvalue weighted by Gasteiger charge is -2.47. The second-order valence-electron chi connectivity index (χ2n) is 8.93. The molecule has 6 nitrogen and oxygen atoms in total. The van der Waals surface area contributed by atoms with E-state index >= 15 is 0 Å². The molecule has 1 aliphatic carbocycles. The summed E-state index contributed by atoms with van der Waals surface area (Å²) in [7, 11) is 0. The Balaban J connectivity index is 1.42. The van der Waals surface area contributed by atoms with Crippen LogP contribution in [0.2, 0.25) is 0 Å². The van der Waals surface area contributed by atoms with Gasteiger partial charge in [0.15, 0.2) is 0 Å². The van der Waals surface area contributed by atoms with Gasteiger partial charge in [0, 0.05) is 35.7 Å². The minimum absolute atomic E-state index is 0.00502. The molecular formula is C24H24F3N3O3. The third-order valence-electron chi connectivity index (χ3n) is 6.95. The molecule has 5 rings (SSSR count). The fourth-order valence-corrected chi connectivity index (χ4v) is 5.21. The molecule has 1 unspecified atom stereocenters. The van der Waals surface area contributed by atoms with Gasteiger partial charge in [-0.05, 0) is 37.5 Å². The summed E-state index contributed by atoms with van der Waals surface area (Å²) >= 11 is 0. The minimum atomic E-state index is -4.45. The number of hydrogen-bond donors (Lipinski definition) is 3. The SMILES string of the molecule is Nc1c(NC[C@H]2CC[C@@H]3[C@H](O2)c2cc(C(F)(F)F)ccc2N[C@H]3C2C=CC=CC2)c(=O)c1=O. The summed E-state index contributed by atoms with van der Waals surface area (Å²) in [6.07, 6.45) is 5.18. The summed E-state index contributed by atoms with van der Waals surface area (Å²) in [4.78, 5) is 23.0. The molecule has 0 aromatic heterocycles. The smallest absolute Gasteiger partial charge is 0.394 e. The molecule has 2 aromatic rings. The van der Waals surface area contributed by atoms with Crippen LogP contribution in [0.1, 0.15) is 36.5 Å². The summed E-state index contributed by atoms with van der Waals surface area (Å²) < 4.78 is 46.6. The van der Waals surface area contributed by atoms with Crippen LogP contribution in [0.25, 0.3) is 0 Å². The third kappa shape index (κ3) is 3.84. The average molecular weight is 459 g/mol. The van der Waals surface area contributed by atoms with Crippen LogP contribution in [0.5, 0.6) is 0 Å². The van der Waals surface area contributed by atoms with Gasteiger partial charge in [-0.3, -0.25) is 9.59 Å². The van der Waals surface area contributed by atoms with Crippen molar-refractivity contribution in [3.8, 4) is 0 Å². The molecule has 4 N–H and O–H groups in total. The number of fused-ring (bicyclic) bond motifs is 3. The number of alkyl halides is 3. The van der Waals surface area contributed by atoms with Crippen LogP contribution >= 0.6 is 0 Å². The van der Waals surface area contributed by atoms with E-state index in [0.29, 0.717) is 17.7 Å². The molecule has 0 bridgehead atoms. The van der Waals surface area contributed by atoms with Crippen LogP contribution in [0.4, 0.5) is 30.2 Å². The van der Waals surface area contributed by atoms with Crippen LogP contribution in [0, 0.1) is 11.8 Å². The molecule has 0 saturated carbocycles. The number of nitrogen functional groups attached to an aromatic ring is 1. The Kier molecular flexibility index (Phi) is 5.31. The molecular weight excluding hydrogens is 435 g/mol. The van der Waals surface area contributed by atoms with Crippen molar-refractivity contribution in [1.29, 1.82) is 0 Å². The predicted octanol–water partition coefficient (Wildman–Crippen LogP) is 3.76. The molecule has 5 atom stereocenters. The summed E-state index contributed by atoms with van der Waals surface area (Å²) in [6, 6.07) is 3.78. The maximum absolute atomic E-state index is 13.4. The van der Waals surface area contributed by atoms with E-state index < -0.39 is 28.7 Å². The van der Waals surface area contributed by atoms with Crippen molar-refractivity contribution in [3.63, 3.8) is 0 Å². The van der Waals surface area contributed by atoms with E-state index in [2.05, 4.69) is 22.8 Å². The zero-order valence-electron chi connectivity index (χ0n) is 17.7. The molecule has 33 heavy (non-hydrogen) atoms. The van der Waals surface area contributed by atoms with E-state index in [-0.39, 0.29) is 41.9 Å². The molecule has 9 heteroatoms. The lowest BCUT2D eigenvalue weighted by Crippen LogP contribution is -2.48. The van der Waals surface area contributed by atoms with Gasteiger partial charge in [-0.15, -0.1) is 0 Å². The third-order valence-corrected chi connectivity index (χ3v) is 6.95. The second kappa shape index (κ2) is 8.06. The molecule has 0 spiro atoms. The number of hydrogen-bond acceptors (Lipinski definition) is 6. The van der Waals surface area contributed by atoms with Crippen molar-refractivity contribution in [3.05, 3.63) is 74.1 Å². The molecule has 0 amide bonds. The summed E-state index contributed by atoms with van der Waals surface area (Å²) in [5.41, 5.74) is 4.67. The van der Waals surface area contributed by atoms with Crippen LogP contribution in [0.15, 0.2) is 52.1 Å². The van der Waals surface area contributed by atoms with Gasteiger partial charge in [0.2, 0.25) is 0 Å². The number of allylic oxidation sites excluding steroid dienone is 3. The lowest BCUT2D eigenvalue weighted by atomic mass is 9.73. The molecule has 174 valence electrons. The van der Waals surface area contributed by atoms with E-state index in [4.69, 9.17) is 10.5 Å². The molecule has 3 aliphatic rings. The Hall–Kier alpha value is -3.07. The highest BCUT2D eigenvalue weighted by molar-refractivity contribution is 5.71.